The highest BCUT2D eigenvalue weighted by Gasteiger charge is 2.11. The molecule has 0 spiro atoms. The number of hydrogen-bond acceptors (Lipinski definition) is 3. The Bertz CT molecular complexity index is 537. The minimum Gasteiger partial charge on any atom is -0.375 e. The third-order valence-electron chi connectivity index (χ3n) is 2.55. The fraction of sp³-hybridized carbons (Fsp3) is 0.250. The molecule has 90 valence electrons. The van der Waals surface area contributed by atoms with Crippen LogP contribution in [0.25, 0.3) is 0 Å². The summed E-state index contributed by atoms with van der Waals surface area (Å²) in [7, 11) is 0. The molecule has 0 aliphatic rings. The van der Waals surface area contributed by atoms with Gasteiger partial charge < -0.3 is 5.32 Å². The van der Waals surface area contributed by atoms with Crippen molar-refractivity contribution in [2.24, 2.45) is 0 Å². The van der Waals surface area contributed by atoms with E-state index in [1.165, 1.54) is 23.5 Å². The number of thiazole rings is 1. The zero-order valence-electron chi connectivity index (χ0n) is 9.55. The highest BCUT2D eigenvalue weighted by Crippen LogP contribution is 2.23. The van der Waals surface area contributed by atoms with Crippen molar-refractivity contribution >= 4 is 17.0 Å². The van der Waals surface area contributed by atoms with Crippen LogP contribution in [0.15, 0.2) is 17.6 Å². The van der Waals surface area contributed by atoms with Crippen LogP contribution in [-0.4, -0.2) is 4.98 Å². The molecule has 5 heteroatoms. The Morgan fingerprint density at radius 2 is 2.06 bits per heavy atom. The fourth-order valence-electron chi connectivity index (χ4n) is 1.48. The first-order valence-corrected chi connectivity index (χ1v) is 6.05. The molecule has 0 saturated carbocycles. The number of nitrogens with zero attached hydrogens (tertiary/aromatic N) is 1. The van der Waals surface area contributed by atoms with E-state index in [0.29, 0.717) is 12.1 Å². The highest BCUT2D eigenvalue weighted by atomic mass is 32.1. The van der Waals surface area contributed by atoms with Crippen molar-refractivity contribution < 1.29 is 8.78 Å². The Hall–Kier alpha value is -1.49. The summed E-state index contributed by atoms with van der Waals surface area (Å²) in [6.07, 6.45) is 0. The van der Waals surface area contributed by atoms with Crippen molar-refractivity contribution in [3.63, 3.8) is 0 Å². The SMILES string of the molecule is Cc1ccc(F)c(NCc2scnc2C)c1F. The molecule has 1 aromatic carbocycles. The quantitative estimate of drug-likeness (QED) is 0.904. The van der Waals surface area contributed by atoms with E-state index in [-0.39, 0.29) is 5.69 Å². The molecular weight excluding hydrogens is 242 g/mol. The minimum atomic E-state index is -0.574. The lowest BCUT2D eigenvalue weighted by Gasteiger charge is -2.09. The number of hydrogen-bond donors (Lipinski definition) is 1. The summed E-state index contributed by atoms with van der Waals surface area (Å²) in [5.41, 5.74) is 2.96. The third-order valence-corrected chi connectivity index (χ3v) is 3.49. The van der Waals surface area contributed by atoms with Gasteiger partial charge in [-0.2, -0.15) is 0 Å². The molecule has 1 heterocycles. The van der Waals surface area contributed by atoms with E-state index in [9.17, 15) is 8.78 Å². The van der Waals surface area contributed by atoms with E-state index in [0.717, 1.165) is 10.6 Å². The number of anilines is 1. The maximum atomic E-state index is 13.7. The Morgan fingerprint density at radius 3 is 2.71 bits per heavy atom. The van der Waals surface area contributed by atoms with Gasteiger partial charge in [0, 0.05) is 4.88 Å². The van der Waals surface area contributed by atoms with Crippen LogP contribution in [0.3, 0.4) is 0 Å². The van der Waals surface area contributed by atoms with Gasteiger partial charge in [-0.3, -0.25) is 0 Å². The molecular formula is C12H12F2N2S. The molecule has 0 atom stereocenters. The molecule has 0 unspecified atom stereocenters. The third kappa shape index (κ3) is 2.44. The first-order chi connectivity index (χ1) is 8.09. The number of aromatic nitrogens is 1. The van der Waals surface area contributed by atoms with Crippen LogP contribution in [0.1, 0.15) is 16.1 Å². The maximum Gasteiger partial charge on any atom is 0.152 e. The Labute approximate surface area is 102 Å². The van der Waals surface area contributed by atoms with Gasteiger partial charge in [0.05, 0.1) is 17.7 Å². The van der Waals surface area contributed by atoms with E-state index in [1.54, 1.807) is 12.4 Å². The van der Waals surface area contributed by atoms with Gasteiger partial charge in [0.25, 0.3) is 0 Å². The van der Waals surface area contributed by atoms with Crippen molar-refractivity contribution in [2.75, 3.05) is 5.32 Å². The Morgan fingerprint density at radius 1 is 1.29 bits per heavy atom. The topological polar surface area (TPSA) is 24.9 Å². The molecule has 2 nitrogen and oxygen atoms in total. The highest BCUT2D eigenvalue weighted by molar-refractivity contribution is 7.09. The van der Waals surface area contributed by atoms with Gasteiger partial charge in [0.15, 0.2) is 5.82 Å². The van der Waals surface area contributed by atoms with E-state index in [1.807, 2.05) is 6.92 Å². The van der Waals surface area contributed by atoms with Gasteiger partial charge in [-0.15, -0.1) is 11.3 Å². The van der Waals surface area contributed by atoms with Gasteiger partial charge in [0.1, 0.15) is 11.5 Å². The molecule has 17 heavy (non-hydrogen) atoms. The molecule has 1 N–H and O–H groups in total. The number of benzene rings is 1. The van der Waals surface area contributed by atoms with Crippen LogP contribution in [0.2, 0.25) is 0 Å². The molecule has 0 aliphatic carbocycles. The zero-order valence-corrected chi connectivity index (χ0v) is 10.4. The summed E-state index contributed by atoms with van der Waals surface area (Å²) < 4.78 is 27.1. The molecule has 0 aliphatic heterocycles. The fourth-order valence-corrected chi connectivity index (χ4v) is 2.20. The lowest BCUT2D eigenvalue weighted by molar-refractivity contribution is 0.582. The second-order valence-corrected chi connectivity index (χ2v) is 4.71. The van der Waals surface area contributed by atoms with Gasteiger partial charge in [0.2, 0.25) is 0 Å². The maximum absolute atomic E-state index is 13.7. The van der Waals surface area contributed by atoms with Gasteiger partial charge in [-0.1, -0.05) is 6.07 Å². The van der Waals surface area contributed by atoms with Crippen LogP contribution in [0.4, 0.5) is 14.5 Å². The van der Waals surface area contributed by atoms with Crippen LogP contribution in [-0.2, 0) is 6.54 Å². The largest absolute Gasteiger partial charge is 0.375 e. The average molecular weight is 254 g/mol. The predicted octanol–water partition coefficient (Wildman–Crippen LogP) is 3.65. The van der Waals surface area contributed by atoms with Crippen molar-refractivity contribution in [2.45, 2.75) is 20.4 Å². The summed E-state index contributed by atoms with van der Waals surface area (Å²) in [5.74, 6) is -1.11. The summed E-state index contributed by atoms with van der Waals surface area (Å²) in [4.78, 5) is 5.06. The second kappa shape index (κ2) is 4.79. The van der Waals surface area contributed by atoms with Crippen LogP contribution < -0.4 is 5.32 Å². The van der Waals surface area contributed by atoms with Crippen LogP contribution >= 0.6 is 11.3 Å². The molecule has 0 amide bonds. The second-order valence-electron chi connectivity index (χ2n) is 3.77. The van der Waals surface area contributed by atoms with Crippen molar-refractivity contribution in [3.8, 4) is 0 Å². The van der Waals surface area contributed by atoms with Crippen LogP contribution in [0.5, 0.6) is 0 Å². The zero-order chi connectivity index (χ0) is 12.4. The normalized spacial score (nSPS) is 10.6. The Kier molecular flexibility index (Phi) is 3.38. The molecule has 0 bridgehead atoms. The number of nitrogens with one attached hydrogen (secondary N) is 1. The first kappa shape index (κ1) is 12.0. The monoisotopic (exact) mass is 254 g/mol. The van der Waals surface area contributed by atoms with Crippen molar-refractivity contribution in [1.29, 1.82) is 0 Å². The average Bonchev–Trinajstić information content (AvgIpc) is 2.70. The lowest BCUT2D eigenvalue weighted by Crippen LogP contribution is -2.04. The first-order valence-electron chi connectivity index (χ1n) is 5.17. The van der Waals surface area contributed by atoms with Crippen LogP contribution in [0, 0.1) is 25.5 Å². The lowest BCUT2D eigenvalue weighted by atomic mass is 10.2. The van der Waals surface area contributed by atoms with Crippen molar-refractivity contribution in [3.05, 3.63) is 45.4 Å². The van der Waals surface area contributed by atoms with E-state index in [4.69, 9.17) is 0 Å². The number of aryl methyl sites for hydroxylation is 2. The minimum absolute atomic E-state index is 0.0715. The Balaban J connectivity index is 2.20. The van der Waals surface area contributed by atoms with Gasteiger partial charge in [-0.05, 0) is 25.5 Å². The molecule has 2 aromatic rings. The van der Waals surface area contributed by atoms with Gasteiger partial charge >= 0.3 is 0 Å². The van der Waals surface area contributed by atoms with Gasteiger partial charge in [-0.25, -0.2) is 13.8 Å². The standard InChI is InChI=1S/C12H12F2N2S/c1-7-3-4-9(13)12(11(7)14)15-5-10-8(2)16-6-17-10/h3-4,6,15H,5H2,1-2H3. The molecule has 0 fully saturated rings. The van der Waals surface area contributed by atoms with E-state index in [2.05, 4.69) is 10.3 Å². The van der Waals surface area contributed by atoms with Crippen molar-refractivity contribution in [1.82, 2.24) is 4.98 Å². The van der Waals surface area contributed by atoms with E-state index < -0.39 is 11.6 Å². The number of halogens is 2. The molecule has 2 rings (SSSR count). The summed E-state index contributed by atoms with van der Waals surface area (Å²) >= 11 is 1.47. The number of rotatable bonds is 3. The molecule has 0 radical (unpaired) electrons. The van der Waals surface area contributed by atoms with E-state index >= 15 is 0 Å². The molecule has 0 saturated heterocycles. The molecule has 1 aromatic heterocycles. The predicted molar refractivity (Wildman–Crippen MR) is 65.3 cm³/mol. The summed E-state index contributed by atoms with van der Waals surface area (Å²) in [6, 6.07) is 2.69. The summed E-state index contributed by atoms with van der Waals surface area (Å²) in [5, 5.41) is 2.79. The summed E-state index contributed by atoms with van der Waals surface area (Å²) in [6.45, 7) is 3.86. The smallest absolute Gasteiger partial charge is 0.152 e.